The van der Waals surface area contributed by atoms with Crippen LogP contribution >= 0.6 is 0 Å². The normalized spacial score (nSPS) is 12.9. The van der Waals surface area contributed by atoms with E-state index in [1.165, 1.54) is 71.4 Å². The molecule has 1 aliphatic carbocycles. The Morgan fingerprint density at radius 2 is 0.895 bits per heavy atom. The minimum absolute atomic E-state index is 0.136. The van der Waals surface area contributed by atoms with E-state index in [2.05, 4.69) is 208 Å². The Hall–Kier alpha value is -7.16. The minimum Gasteiger partial charge on any atom is -0.228 e. The van der Waals surface area contributed by atoms with E-state index in [0.717, 1.165) is 33.5 Å². The average molecular weight is 727 g/mol. The van der Waals surface area contributed by atoms with Gasteiger partial charge in [-0.25, -0.2) is 9.97 Å². The Labute approximate surface area is 332 Å². The van der Waals surface area contributed by atoms with E-state index in [1.54, 1.807) is 0 Å². The van der Waals surface area contributed by atoms with E-state index in [-0.39, 0.29) is 5.41 Å². The van der Waals surface area contributed by atoms with Crippen LogP contribution in [0.2, 0.25) is 0 Å². The van der Waals surface area contributed by atoms with Gasteiger partial charge in [-0.05, 0) is 89.0 Å². The van der Waals surface area contributed by atoms with Crippen LogP contribution in [0.3, 0.4) is 0 Å². The number of fused-ring (bicyclic) bond motifs is 7. The van der Waals surface area contributed by atoms with Crippen LogP contribution in [0.1, 0.15) is 25.0 Å². The molecule has 10 aromatic rings. The van der Waals surface area contributed by atoms with Gasteiger partial charge >= 0.3 is 0 Å². The maximum atomic E-state index is 5.39. The van der Waals surface area contributed by atoms with Gasteiger partial charge < -0.3 is 0 Å². The minimum atomic E-state index is -0.136. The molecule has 1 aliphatic rings. The molecule has 0 bridgehead atoms. The molecule has 0 saturated heterocycles. The molecule has 0 atom stereocenters. The molecule has 1 aromatic heterocycles. The molecule has 9 aromatic carbocycles. The molecule has 0 saturated carbocycles. The summed E-state index contributed by atoms with van der Waals surface area (Å²) in [7, 11) is 0. The summed E-state index contributed by atoms with van der Waals surface area (Å²) in [6.45, 7) is 4.75. The molecular weight excluding hydrogens is 689 g/mol. The number of hydrogen-bond acceptors (Lipinski definition) is 2. The lowest BCUT2D eigenvalue weighted by Crippen LogP contribution is -2.15. The second kappa shape index (κ2) is 13.0. The van der Waals surface area contributed by atoms with Crippen LogP contribution in [0.25, 0.3) is 99.6 Å². The second-order valence-electron chi connectivity index (χ2n) is 15.7. The first-order valence-electron chi connectivity index (χ1n) is 19.7. The lowest BCUT2D eigenvalue weighted by atomic mass is 9.80. The molecule has 0 amide bonds. The Balaban J connectivity index is 1.11. The number of nitrogens with zero attached hydrogens (tertiary/aromatic N) is 2. The van der Waals surface area contributed by atoms with E-state index in [0.29, 0.717) is 5.82 Å². The average Bonchev–Trinajstić information content (AvgIpc) is 3.52. The first-order chi connectivity index (χ1) is 28.0. The van der Waals surface area contributed by atoms with Crippen LogP contribution < -0.4 is 0 Å². The molecule has 1 heterocycles. The van der Waals surface area contributed by atoms with Crippen molar-refractivity contribution in [2.24, 2.45) is 0 Å². The quantitative estimate of drug-likeness (QED) is 0.176. The molecule has 268 valence electrons. The lowest BCUT2D eigenvalue weighted by molar-refractivity contribution is 0.666. The van der Waals surface area contributed by atoms with Crippen molar-refractivity contribution in [1.82, 2.24) is 9.97 Å². The van der Waals surface area contributed by atoms with Crippen LogP contribution in [-0.2, 0) is 5.41 Å². The summed E-state index contributed by atoms with van der Waals surface area (Å²) in [5.41, 5.74) is 15.1. The number of hydrogen-bond donors (Lipinski definition) is 0. The van der Waals surface area contributed by atoms with Gasteiger partial charge in [-0.3, -0.25) is 0 Å². The van der Waals surface area contributed by atoms with Crippen LogP contribution in [-0.4, -0.2) is 9.97 Å². The van der Waals surface area contributed by atoms with E-state index in [9.17, 15) is 0 Å². The molecule has 0 spiro atoms. The van der Waals surface area contributed by atoms with E-state index in [4.69, 9.17) is 9.97 Å². The zero-order chi connectivity index (χ0) is 38.1. The predicted octanol–water partition coefficient (Wildman–Crippen LogP) is 14.6. The van der Waals surface area contributed by atoms with Crippen LogP contribution in [0, 0.1) is 0 Å². The number of rotatable bonds is 5. The third-order valence-electron chi connectivity index (χ3n) is 12.1. The van der Waals surface area contributed by atoms with Crippen molar-refractivity contribution >= 4 is 32.3 Å². The fraction of sp³-hybridized carbons (Fsp3) is 0.0545. The smallest absolute Gasteiger partial charge is 0.161 e. The van der Waals surface area contributed by atoms with Crippen molar-refractivity contribution in [3.8, 4) is 67.3 Å². The first kappa shape index (κ1) is 33.2. The van der Waals surface area contributed by atoms with Gasteiger partial charge in [0.1, 0.15) is 0 Å². The third-order valence-corrected chi connectivity index (χ3v) is 12.1. The highest BCUT2D eigenvalue weighted by atomic mass is 14.9. The Kier molecular flexibility index (Phi) is 7.55. The van der Waals surface area contributed by atoms with Gasteiger partial charge in [-0.2, -0.15) is 0 Å². The summed E-state index contributed by atoms with van der Waals surface area (Å²) in [5, 5.41) is 7.28. The summed E-state index contributed by atoms with van der Waals surface area (Å²) >= 11 is 0. The van der Waals surface area contributed by atoms with Gasteiger partial charge in [0.2, 0.25) is 0 Å². The van der Waals surface area contributed by atoms with E-state index in [1.807, 2.05) is 0 Å². The summed E-state index contributed by atoms with van der Waals surface area (Å²) in [4.78, 5) is 10.8. The molecule has 0 radical (unpaired) electrons. The Morgan fingerprint density at radius 3 is 1.68 bits per heavy atom. The molecule has 2 nitrogen and oxygen atoms in total. The topological polar surface area (TPSA) is 25.8 Å². The summed E-state index contributed by atoms with van der Waals surface area (Å²) in [5.74, 6) is 0.710. The summed E-state index contributed by atoms with van der Waals surface area (Å²) in [6.07, 6.45) is 0. The predicted molar refractivity (Wildman–Crippen MR) is 239 cm³/mol. The zero-order valence-corrected chi connectivity index (χ0v) is 31.9. The Bertz CT molecular complexity index is 3190. The van der Waals surface area contributed by atoms with Crippen molar-refractivity contribution in [3.05, 3.63) is 205 Å². The van der Waals surface area contributed by atoms with Gasteiger partial charge in [-0.15, -0.1) is 0 Å². The molecule has 0 unspecified atom stereocenters. The van der Waals surface area contributed by atoms with Crippen molar-refractivity contribution in [2.45, 2.75) is 19.3 Å². The highest BCUT2D eigenvalue weighted by Crippen LogP contribution is 2.55. The van der Waals surface area contributed by atoms with Gasteiger partial charge in [0.25, 0.3) is 0 Å². The molecule has 57 heavy (non-hydrogen) atoms. The maximum absolute atomic E-state index is 5.39. The fourth-order valence-corrected chi connectivity index (χ4v) is 9.37. The van der Waals surface area contributed by atoms with Crippen molar-refractivity contribution in [3.63, 3.8) is 0 Å². The van der Waals surface area contributed by atoms with Crippen molar-refractivity contribution in [2.75, 3.05) is 0 Å². The largest absolute Gasteiger partial charge is 0.228 e. The highest BCUT2D eigenvalue weighted by Gasteiger charge is 2.38. The summed E-state index contributed by atoms with van der Waals surface area (Å²) < 4.78 is 0. The van der Waals surface area contributed by atoms with Crippen molar-refractivity contribution < 1.29 is 0 Å². The Morgan fingerprint density at radius 1 is 0.351 bits per heavy atom. The van der Waals surface area contributed by atoms with E-state index < -0.39 is 0 Å². The van der Waals surface area contributed by atoms with E-state index >= 15 is 0 Å². The maximum Gasteiger partial charge on any atom is 0.161 e. The SMILES string of the molecule is CC1(C)c2cccc(-c3ccc(-c4nc(-c5ccc(-c6ccccc6)cc5)cc(-c5cccc6ccccc56)n4)c4ccccc34)c2-c2ccc3ccccc3c21. The van der Waals surface area contributed by atoms with Gasteiger partial charge in [0.05, 0.1) is 11.4 Å². The molecule has 0 N–H and O–H groups in total. The third kappa shape index (κ3) is 5.33. The highest BCUT2D eigenvalue weighted by molar-refractivity contribution is 6.09. The zero-order valence-electron chi connectivity index (χ0n) is 31.9. The standard InChI is InChI=1S/C55H38N2/c1-55(2)49-25-13-24-46(52(49)48-31-30-38-17-7-9-20-41(38)53(48)55)44-32-33-47(43-22-11-10-21-42(43)44)54-56-50(39-28-26-36(27-29-39)35-14-4-3-5-15-35)34-51(57-54)45-23-12-18-37-16-6-8-19-40(37)45/h3-34H,1-2H3. The fourth-order valence-electron chi connectivity index (χ4n) is 9.37. The van der Waals surface area contributed by atoms with Crippen LogP contribution in [0.15, 0.2) is 194 Å². The molecular formula is C55H38N2. The monoisotopic (exact) mass is 726 g/mol. The van der Waals surface area contributed by atoms with Gasteiger partial charge in [-0.1, -0.05) is 196 Å². The second-order valence-corrected chi connectivity index (χ2v) is 15.7. The van der Waals surface area contributed by atoms with Crippen LogP contribution in [0.5, 0.6) is 0 Å². The summed E-state index contributed by atoms with van der Waals surface area (Å²) in [6, 6.07) is 70.0. The van der Waals surface area contributed by atoms with Crippen molar-refractivity contribution in [1.29, 1.82) is 0 Å². The molecule has 0 fully saturated rings. The van der Waals surface area contributed by atoms with Gasteiger partial charge in [0, 0.05) is 22.1 Å². The first-order valence-corrected chi connectivity index (χ1v) is 19.7. The number of aromatic nitrogens is 2. The molecule has 2 heteroatoms. The molecule has 11 rings (SSSR count). The molecule has 0 aliphatic heterocycles. The van der Waals surface area contributed by atoms with Crippen LogP contribution in [0.4, 0.5) is 0 Å². The number of benzene rings is 9. The lowest BCUT2D eigenvalue weighted by Gasteiger charge is -2.23. The van der Waals surface area contributed by atoms with Gasteiger partial charge in [0.15, 0.2) is 5.82 Å².